The highest BCUT2D eigenvalue weighted by Crippen LogP contribution is 2.23. The predicted octanol–water partition coefficient (Wildman–Crippen LogP) is 3.07. The molecule has 2 aromatic heterocycles. The van der Waals surface area contributed by atoms with Gasteiger partial charge < -0.3 is 0 Å². The average Bonchev–Trinajstić information content (AvgIpc) is 3.11. The van der Waals surface area contributed by atoms with Gasteiger partial charge in [-0.25, -0.2) is 18.9 Å². The van der Waals surface area contributed by atoms with Gasteiger partial charge in [-0.1, -0.05) is 17.7 Å². The quantitative estimate of drug-likeness (QED) is 0.554. The zero-order valence-corrected chi connectivity index (χ0v) is 13.8. The van der Waals surface area contributed by atoms with Gasteiger partial charge in [-0.05, 0) is 42.8 Å². The molecule has 0 spiro atoms. The fraction of sp³-hybridized carbons (Fsp3) is 0.0588. The molecule has 0 aliphatic carbocycles. The van der Waals surface area contributed by atoms with Gasteiger partial charge >= 0.3 is 0 Å². The first-order valence-corrected chi connectivity index (χ1v) is 7.76. The summed E-state index contributed by atoms with van der Waals surface area (Å²) in [6.45, 7) is 1.89. The van der Waals surface area contributed by atoms with E-state index in [1.807, 2.05) is 13.0 Å². The van der Waals surface area contributed by atoms with Crippen molar-refractivity contribution < 1.29 is 4.39 Å². The molecule has 0 unspecified atom stereocenters. The summed E-state index contributed by atoms with van der Waals surface area (Å²) in [7, 11) is 0. The molecular formula is C17H11ClFN5O. The number of hydrogen-bond acceptors (Lipinski definition) is 4. The Morgan fingerprint density at radius 1 is 1.16 bits per heavy atom. The molecule has 124 valence electrons. The third-order valence-electron chi connectivity index (χ3n) is 3.78. The number of fused-ring (bicyclic) bond motifs is 1. The van der Waals surface area contributed by atoms with Gasteiger partial charge in [0.05, 0.1) is 21.6 Å². The van der Waals surface area contributed by atoms with Crippen molar-refractivity contribution >= 4 is 22.5 Å². The van der Waals surface area contributed by atoms with E-state index < -0.39 is 11.4 Å². The monoisotopic (exact) mass is 355 g/mol. The van der Waals surface area contributed by atoms with Gasteiger partial charge in [-0.2, -0.15) is 9.78 Å². The Kier molecular flexibility index (Phi) is 3.58. The topological polar surface area (TPSA) is 65.6 Å². The van der Waals surface area contributed by atoms with Gasteiger partial charge in [0.15, 0.2) is 0 Å². The Morgan fingerprint density at radius 2 is 2.00 bits per heavy atom. The molecule has 4 aromatic rings. The molecular weight excluding hydrogens is 345 g/mol. The fourth-order valence-electron chi connectivity index (χ4n) is 2.62. The van der Waals surface area contributed by atoms with E-state index in [2.05, 4.69) is 15.1 Å². The SMILES string of the molecule is Cc1ccc(-n2c(-n3cncn3)nc3ccc(F)cc3c2=O)c(Cl)c1. The molecule has 8 heteroatoms. The Bertz CT molecular complexity index is 1150. The smallest absolute Gasteiger partial charge is 0.267 e. The van der Waals surface area contributed by atoms with Crippen LogP contribution in [0.1, 0.15) is 5.56 Å². The van der Waals surface area contributed by atoms with E-state index in [0.717, 1.165) is 11.6 Å². The minimum Gasteiger partial charge on any atom is -0.268 e. The van der Waals surface area contributed by atoms with Gasteiger partial charge in [0.2, 0.25) is 5.95 Å². The van der Waals surface area contributed by atoms with Gasteiger partial charge in [0.25, 0.3) is 5.56 Å². The molecule has 0 atom stereocenters. The maximum Gasteiger partial charge on any atom is 0.267 e. The lowest BCUT2D eigenvalue weighted by molar-refractivity contribution is 0.629. The van der Waals surface area contributed by atoms with Crippen LogP contribution < -0.4 is 5.56 Å². The van der Waals surface area contributed by atoms with E-state index >= 15 is 0 Å². The van der Waals surface area contributed by atoms with Crippen LogP contribution in [0.3, 0.4) is 0 Å². The Labute approximate surface area is 146 Å². The van der Waals surface area contributed by atoms with E-state index in [1.54, 1.807) is 12.1 Å². The van der Waals surface area contributed by atoms with E-state index in [9.17, 15) is 9.18 Å². The Hall–Kier alpha value is -3.06. The largest absolute Gasteiger partial charge is 0.268 e. The summed E-state index contributed by atoms with van der Waals surface area (Å²) in [6, 6.07) is 9.15. The van der Waals surface area contributed by atoms with Crippen LogP contribution in [0.2, 0.25) is 5.02 Å². The number of halogens is 2. The molecule has 4 rings (SSSR count). The molecule has 6 nitrogen and oxygen atoms in total. The van der Waals surface area contributed by atoms with Crippen molar-refractivity contribution in [1.29, 1.82) is 0 Å². The summed E-state index contributed by atoms with van der Waals surface area (Å²) in [4.78, 5) is 21.4. The second kappa shape index (κ2) is 5.78. The van der Waals surface area contributed by atoms with Gasteiger partial charge in [0.1, 0.15) is 18.5 Å². The Balaban J connectivity index is 2.15. The van der Waals surface area contributed by atoms with Crippen molar-refractivity contribution in [2.24, 2.45) is 0 Å². The van der Waals surface area contributed by atoms with Crippen LogP contribution in [0, 0.1) is 12.7 Å². The maximum atomic E-state index is 13.6. The number of aromatic nitrogens is 5. The molecule has 2 heterocycles. The third kappa shape index (κ3) is 2.58. The number of rotatable bonds is 2. The minimum absolute atomic E-state index is 0.153. The summed E-state index contributed by atoms with van der Waals surface area (Å²) in [5, 5.41) is 4.58. The standard InChI is InChI=1S/C17H11ClFN5O/c1-10-2-5-15(13(18)6-10)24-16(25)12-7-11(19)3-4-14(12)22-17(24)23-9-20-8-21-23/h2-9H,1H3. The lowest BCUT2D eigenvalue weighted by Crippen LogP contribution is -2.25. The van der Waals surface area contributed by atoms with Crippen molar-refractivity contribution in [3.05, 3.63) is 75.8 Å². The second-order valence-corrected chi connectivity index (χ2v) is 5.92. The molecule has 0 amide bonds. The summed E-state index contributed by atoms with van der Waals surface area (Å²) in [5.41, 5.74) is 1.29. The minimum atomic E-state index is -0.513. The predicted molar refractivity (Wildman–Crippen MR) is 92.0 cm³/mol. The van der Waals surface area contributed by atoms with Crippen LogP contribution in [0.4, 0.5) is 4.39 Å². The van der Waals surface area contributed by atoms with Crippen LogP contribution in [-0.4, -0.2) is 24.3 Å². The number of nitrogens with zero attached hydrogens (tertiary/aromatic N) is 5. The van der Waals surface area contributed by atoms with Crippen molar-refractivity contribution in [2.45, 2.75) is 6.92 Å². The van der Waals surface area contributed by atoms with Crippen molar-refractivity contribution in [1.82, 2.24) is 24.3 Å². The molecule has 0 fully saturated rings. The summed E-state index contributed by atoms with van der Waals surface area (Å²) in [5.74, 6) is -0.297. The van der Waals surface area contributed by atoms with Crippen molar-refractivity contribution in [2.75, 3.05) is 0 Å². The van der Waals surface area contributed by atoms with Crippen LogP contribution in [0.5, 0.6) is 0 Å². The van der Waals surface area contributed by atoms with Crippen LogP contribution in [-0.2, 0) is 0 Å². The molecule has 0 bridgehead atoms. The molecule has 25 heavy (non-hydrogen) atoms. The Morgan fingerprint density at radius 3 is 2.72 bits per heavy atom. The van der Waals surface area contributed by atoms with Gasteiger partial charge in [0, 0.05) is 0 Å². The number of benzene rings is 2. The summed E-state index contributed by atoms with van der Waals surface area (Å²) < 4.78 is 16.3. The zero-order chi connectivity index (χ0) is 17.6. The molecule has 0 radical (unpaired) electrons. The van der Waals surface area contributed by atoms with Gasteiger partial charge in [-0.15, -0.1) is 0 Å². The van der Waals surface area contributed by atoms with Crippen molar-refractivity contribution in [3.63, 3.8) is 0 Å². The molecule has 2 aromatic carbocycles. The third-order valence-corrected chi connectivity index (χ3v) is 4.08. The van der Waals surface area contributed by atoms with E-state index in [0.29, 0.717) is 16.2 Å². The number of hydrogen-bond donors (Lipinski definition) is 0. The first-order valence-electron chi connectivity index (χ1n) is 7.38. The molecule has 0 N–H and O–H groups in total. The average molecular weight is 356 g/mol. The van der Waals surface area contributed by atoms with Gasteiger partial charge in [-0.3, -0.25) is 4.79 Å². The van der Waals surface area contributed by atoms with E-state index in [1.165, 1.54) is 34.0 Å². The first-order chi connectivity index (χ1) is 12.0. The highest BCUT2D eigenvalue weighted by molar-refractivity contribution is 6.32. The molecule has 0 aliphatic heterocycles. The van der Waals surface area contributed by atoms with Crippen LogP contribution in [0.25, 0.3) is 22.5 Å². The lowest BCUT2D eigenvalue weighted by Gasteiger charge is -2.14. The van der Waals surface area contributed by atoms with E-state index in [4.69, 9.17) is 11.6 Å². The summed E-state index contributed by atoms with van der Waals surface area (Å²) >= 11 is 6.34. The molecule has 0 saturated carbocycles. The lowest BCUT2D eigenvalue weighted by atomic mass is 10.2. The number of aryl methyl sites for hydroxylation is 1. The van der Waals surface area contributed by atoms with E-state index in [-0.39, 0.29) is 11.3 Å². The molecule has 0 aliphatic rings. The van der Waals surface area contributed by atoms with Crippen LogP contribution >= 0.6 is 11.6 Å². The maximum absolute atomic E-state index is 13.6. The van der Waals surface area contributed by atoms with Crippen LogP contribution in [0.15, 0.2) is 53.8 Å². The normalized spacial score (nSPS) is 11.2. The highest BCUT2D eigenvalue weighted by atomic mass is 35.5. The zero-order valence-electron chi connectivity index (χ0n) is 13.0. The molecule has 0 saturated heterocycles. The fourth-order valence-corrected chi connectivity index (χ4v) is 2.94. The first kappa shape index (κ1) is 15.5. The van der Waals surface area contributed by atoms with Crippen molar-refractivity contribution in [3.8, 4) is 11.6 Å². The highest BCUT2D eigenvalue weighted by Gasteiger charge is 2.17. The summed E-state index contributed by atoms with van der Waals surface area (Å²) in [6.07, 6.45) is 2.76. The second-order valence-electron chi connectivity index (χ2n) is 5.51.